The molecule has 27 heavy (non-hydrogen) atoms. The highest BCUT2D eigenvalue weighted by Crippen LogP contribution is 2.30. The molecule has 1 aliphatic rings. The molecule has 0 radical (unpaired) electrons. The molecule has 0 saturated carbocycles. The molecule has 0 spiro atoms. The molecule has 4 rings (SSSR count). The van der Waals surface area contributed by atoms with Crippen molar-refractivity contribution in [3.05, 3.63) is 71.4 Å². The van der Waals surface area contributed by atoms with E-state index in [0.717, 1.165) is 24.4 Å². The summed E-state index contributed by atoms with van der Waals surface area (Å²) in [6.07, 6.45) is -1.41. The molecule has 0 amide bonds. The van der Waals surface area contributed by atoms with Crippen molar-refractivity contribution in [1.82, 2.24) is 19.9 Å². The van der Waals surface area contributed by atoms with Crippen molar-refractivity contribution >= 4 is 0 Å². The third-order valence-electron chi connectivity index (χ3n) is 4.33. The lowest BCUT2D eigenvalue weighted by Crippen LogP contribution is -2.23. The van der Waals surface area contributed by atoms with Crippen molar-refractivity contribution in [1.29, 1.82) is 0 Å². The van der Waals surface area contributed by atoms with Crippen LogP contribution in [0.15, 0.2) is 53.3 Å². The Bertz CT molecular complexity index is 892. The SMILES string of the molecule is FC(F)(F)c1cccc(Cn2cc([C@@H]3OCCN3Cc3ccco3)nn2)c1. The second-order valence-corrected chi connectivity index (χ2v) is 6.31. The molecular formula is C18H17F3N4O2. The molecular weight excluding hydrogens is 361 g/mol. The first-order chi connectivity index (χ1) is 13.0. The summed E-state index contributed by atoms with van der Waals surface area (Å²) in [7, 11) is 0. The maximum absolute atomic E-state index is 12.8. The Kier molecular flexibility index (Phi) is 4.71. The van der Waals surface area contributed by atoms with Gasteiger partial charge in [0, 0.05) is 6.54 Å². The Hall–Kier alpha value is -2.65. The number of halogens is 3. The largest absolute Gasteiger partial charge is 0.468 e. The van der Waals surface area contributed by atoms with E-state index in [2.05, 4.69) is 15.2 Å². The number of furan rings is 1. The van der Waals surface area contributed by atoms with E-state index in [-0.39, 0.29) is 12.8 Å². The van der Waals surface area contributed by atoms with Gasteiger partial charge in [0.05, 0.1) is 37.7 Å². The minimum atomic E-state index is -4.37. The van der Waals surface area contributed by atoms with Gasteiger partial charge in [-0.15, -0.1) is 5.10 Å². The van der Waals surface area contributed by atoms with Gasteiger partial charge in [-0.1, -0.05) is 17.3 Å². The highest BCUT2D eigenvalue weighted by molar-refractivity contribution is 5.25. The Morgan fingerprint density at radius 3 is 2.81 bits per heavy atom. The van der Waals surface area contributed by atoms with Gasteiger partial charge in [0.2, 0.25) is 0 Å². The quantitative estimate of drug-likeness (QED) is 0.681. The third-order valence-corrected chi connectivity index (χ3v) is 4.33. The third kappa shape index (κ3) is 4.04. The van der Waals surface area contributed by atoms with Gasteiger partial charge in [-0.3, -0.25) is 4.90 Å². The maximum atomic E-state index is 12.8. The zero-order chi connectivity index (χ0) is 18.9. The molecule has 2 aromatic heterocycles. The standard InChI is InChI=1S/C18H17F3N4O2/c19-18(20,21)14-4-1-3-13(9-14)10-25-12-16(22-23-25)17-24(6-8-27-17)11-15-5-2-7-26-15/h1-5,7,9,12,17H,6,8,10-11H2/t17-/m0/s1. The fourth-order valence-electron chi connectivity index (χ4n) is 3.08. The molecule has 1 atom stereocenters. The summed E-state index contributed by atoms with van der Waals surface area (Å²) in [5, 5.41) is 8.17. The zero-order valence-corrected chi connectivity index (χ0v) is 14.3. The Balaban J connectivity index is 1.47. The van der Waals surface area contributed by atoms with Crippen LogP contribution in [0.3, 0.4) is 0 Å². The maximum Gasteiger partial charge on any atom is 0.416 e. The van der Waals surface area contributed by atoms with E-state index in [1.54, 1.807) is 18.5 Å². The molecule has 1 saturated heterocycles. The van der Waals surface area contributed by atoms with Crippen molar-refractivity contribution in [3.63, 3.8) is 0 Å². The van der Waals surface area contributed by atoms with Crippen molar-refractivity contribution in [2.24, 2.45) is 0 Å². The number of ether oxygens (including phenoxy) is 1. The van der Waals surface area contributed by atoms with E-state index in [4.69, 9.17) is 9.15 Å². The van der Waals surface area contributed by atoms with Gasteiger partial charge in [0.15, 0.2) is 6.23 Å². The van der Waals surface area contributed by atoms with Crippen molar-refractivity contribution < 1.29 is 22.3 Å². The first kappa shape index (κ1) is 17.7. The lowest BCUT2D eigenvalue weighted by Gasteiger charge is -2.19. The molecule has 3 aromatic rings. The molecule has 1 aliphatic heterocycles. The fourth-order valence-corrected chi connectivity index (χ4v) is 3.08. The van der Waals surface area contributed by atoms with Crippen LogP contribution in [0.1, 0.15) is 28.8 Å². The predicted molar refractivity (Wildman–Crippen MR) is 88.4 cm³/mol. The fraction of sp³-hybridized carbons (Fsp3) is 0.333. The van der Waals surface area contributed by atoms with Crippen LogP contribution in [0, 0.1) is 0 Å². The number of rotatable bonds is 5. The topological polar surface area (TPSA) is 56.3 Å². The van der Waals surface area contributed by atoms with Gasteiger partial charge >= 0.3 is 6.18 Å². The van der Waals surface area contributed by atoms with Crippen LogP contribution >= 0.6 is 0 Å². The minimum absolute atomic E-state index is 0.196. The first-order valence-corrected chi connectivity index (χ1v) is 8.43. The monoisotopic (exact) mass is 378 g/mol. The van der Waals surface area contributed by atoms with Gasteiger partial charge in [-0.25, -0.2) is 4.68 Å². The number of benzene rings is 1. The molecule has 3 heterocycles. The molecule has 0 aliphatic carbocycles. The second-order valence-electron chi connectivity index (χ2n) is 6.31. The molecule has 0 unspecified atom stereocenters. The van der Waals surface area contributed by atoms with Crippen LogP contribution < -0.4 is 0 Å². The summed E-state index contributed by atoms with van der Waals surface area (Å²) in [5.41, 5.74) is 0.441. The average Bonchev–Trinajstić information content (AvgIpc) is 3.37. The lowest BCUT2D eigenvalue weighted by molar-refractivity contribution is -0.137. The summed E-state index contributed by atoms with van der Waals surface area (Å²) in [6, 6.07) is 8.91. The van der Waals surface area contributed by atoms with Crippen molar-refractivity contribution in [3.8, 4) is 0 Å². The van der Waals surface area contributed by atoms with Gasteiger partial charge in [0.1, 0.15) is 11.5 Å². The minimum Gasteiger partial charge on any atom is -0.468 e. The Labute approximate surface area is 153 Å². The summed E-state index contributed by atoms with van der Waals surface area (Å²) in [4.78, 5) is 2.07. The van der Waals surface area contributed by atoms with E-state index >= 15 is 0 Å². The van der Waals surface area contributed by atoms with Crippen LogP contribution in [-0.4, -0.2) is 33.0 Å². The summed E-state index contributed by atoms with van der Waals surface area (Å²) >= 11 is 0. The summed E-state index contributed by atoms with van der Waals surface area (Å²) in [6.45, 7) is 2.07. The smallest absolute Gasteiger partial charge is 0.416 e. The van der Waals surface area contributed by atoms with Gasteiger partial charge in [-0.05, 0) is 29.8 Å². The second kappa shape index (κ2) is 7.16. The summed E-state index contributed by atoms with van der Waals surface area (Å²) < 4.78 is 51.2. The van der Waals surface area contributed by atoms with E-state index in [9.17, 15) is 13.2 Å². The van der Waals surface area contributed by atoms with E-state index < -0.39 is 11.7 Å². The zero-order valence-electron chi connectivity index (χ0n) is 14.3. The molecule has 1 aromatic carbocycles. The Morgan fingerprint density at radius 1 is 1.15 bits per heavy atom. The highest BCUT2D eigenvalue weighted by atomic mass is 19.4. The van der Waals surface area contributed by atoms with Crippen LogP contribution in [0.4, 0.5) is 13.2 Å². The lowest BCUT2D eigenvalue weighted by atomic mass is 10.1. The van der Waals surface area contributed by atoms with Gasteiger partial charge < -0.3 is 9.15 Å². The first-order valence-electron chi connectivity index (χ1n) is 8.43. The van der Waals surface area contributed by atoms with Crippen LogP contribution in [0.2, 0.25) is 0 Å². The molecule has 142 valence electrons. The number of hydrogen-bond acceptors (Lipinski definition) is 5. The van der Waals surface area contributed by atoms with Crippen LogP contribution in [0.5, 0.6) is 0 Å². The van der Waals surface area contributed by atoms with Crippen LogP contribution in [0.25, 0.3) is 0 Å². The average molecular weight is 378 g/mol. The highest BCUT2D eigenvalue weighted by Gasteiger charge is 2.31. The van der Waals surface area contributed by atoms with Gasteiger partial charge in [0.25, 0.3) is 0 Å². The van der Waals surface area contributed by atoms with E-state index in [1.807, 2.05) is 12.1 Å². The van der Waals surface area contributed by atoms with E-state index in [1.165, 1.54) is 10.7 Å². The molecule has 0 N–H and O–H groups in total. The Morgan fingerprint density at radius 2 is 2.04 bits per heavy atom. The van der Waals surface area contributed by atoms with Crippen molar-refractivity contribution in [2.75, 3.05) is 13.2 Å². The van der Waals surface area contributed by atoms with E-state index in [0.29, 0.717) is 24.4 Å². The molecule has 0 bridgehead atoms. The van der Waals surface area contributed by atoms with Crippen LogP contribution in [-0.2, 0) is 24.0 Å². The van der Waals surface area contributed by atoms with Crippen molar-refractivity contribution in [2.45, 2.75) is 25.5 Å². The number of hydrogen-bond donors (Lipinski definition) is 0. The predicted octanol–water partition coefficient (Wildman–Crippen LogP) is 3.47. The number of nitrogens with zero attached hydrogens (tertiary/aromatic N) is 4. The molecule has 1 fully saturated rings. The summed E-state index contributed by atoms with van der Waals surface area (Å²) in [5.74, 6) is 0.821. The number of alkyl halides is 3. The molecule has 6 nitrogen and oxygen atoms in total. The van der Waals surface area contributed by atoms with Gasteiger partial charge in [-0.2, -0.15) is 13.2 Å². The number of aromatic nitrogens is 3. The normalized spacial score (nSPS) is 18.3. The molecule has 9 heteroatoms.